The normalized spacial score (nSPS) is 11.9. The van der Waals surface area contributed by atoms with Gasteiger partial charge in [-0.15, -0.1) is 10.2 Å². The Hall–Kier alpha value is -2.64. The van der Waals surface area contributed by atoms with E-state index in [4.69, 9.17) is 16.6 Å². The number of carbonyl (C=O) groups is 1. The van der Waals surface area contributed by atoms with Crippen LogP contribution in [0.4, 0.5) is 5.69 Å². The molecule has 4 rings (SSSR count). The lowest BCUT2D eigenvalue weighted by atomic mass is 9.95. The SMILES string of the molecule is CC(C)(C)c1nc2ccccc2c2nnc(SCC(=O)Nc3ccc(Cl)cc3)n12. The van der Waals surface area contributed by atoms with Crippen molar-refractivity contribution in [2.75, 3.05) is 11.1 Å². The largest absolute Gasteiger partial charge is 0.325 e. The Bertz CT molecular complexity index is 1200. The van der Waals surface area contributed by atoms with Gasteiger partial charge in [-0.1, -0.05) is 56.3 Å². The molecule has 0 saturated carbocycles. The fourth-order valence-electron chi connectivity index (χ4n) is 3.02. The van der Waals surface area contributed by atoms with Gasteiger partial charge in [-0.2, -0.15) is 0 Å². The highest BCUT2D eigenvalue weighted by molar-refractivity contribution is 7.99. The zero-order chi connectivity index (χ0) is 20.6. The molecule has 2 aromatic heterocycles. The van der Waals surface area contributed by atoms with E-state index in [0.29, 0.717) is 15.9 Å². The van der Waals surface area contributed by atoms with Crippen molar-refractivity contribution in [1.82, 2.24) is 19.6 Å². The number of rotatable bonds is 4. The predicted octanol–water partition coefficient (Wildman–Crippen LogP) is 4.96. The molecule has 1 amide bonds. The van der Waals surface area contributed by atoms with Crippen molar-refractivity contribution in [3.05, 3.63) is 59.4 Å². The number of para-hydroxylation sites is 1. The van der Waals surface area contributed by atoms with Crippen molar-refractivity contribution in [1.29, 1.82) is 0 Å². The van der Waals surface area contributed by atoms with Gasteiger partial charge in [0, 0.05) is 21.5 Å². The van der Waals surface area contributed by atoms with Gasteiger partial charge < -0.3 is 5.32 Å². The summed E-state index contributed by atoms with van der Waals surface area (Å²) in [5, 5.41) is 13.8. The molecule has 29 heavy (non-hydrogen) atoms. The number of hydrogen-bond donors (Lipinski definition) is 1. The quantitative estimate of drug-likeness (QED) is 0.468. The summed E-state index contributed by atoms with van der Waals surface area (Å²) in [7, 11) is 0. The Morgan fingerprint density at radius 3 is 2.55 bits per heavy atom. The number of aromatic nitrogens is 4. The lowest BCUT2D eigenvalue weighted by Crippen LogP contribution is -2.20. The highest BCUT2D eigenvalue weighted by Gasteiger charge is 2.24. The van der Waals surface area contributed by atoms with E-state index in [2.05, 4.69) is 36.3 Å². The third-order valence-corrected chi connectivity index (χ3v) is 5.53. The number of amides is 1. The van der Waals surface area contributed by atoms with Crippen molar-refractivity contribution in [3.8, 4) is 0 Å². The number of fused-ring (bicyclic) bond motifs is 3. The first-order chi connectivity index (χ1) is 13.8. The van der Waals surface area contributed by atoms with Gasteiger partial charge in [-0.3, -0.25) is 9.20 Å². The van der Waals surface area contributed by atoms with Crippen molar-refractivity contribution >= 4 is 51.5 Å². The van der Waals surface area contributed by atoms with Crippen LogP contribution in [0.3, 0.4) is 0 Å². The molecular weight excluding hydrogens is 406 g/mol. The van der Waals surface area contributed by atoms with Crippen molar-refractivity contribution in [3.63, 3.8) is 0 Å². The minimum Gasteiger partial charge on any atom is -0.325 e. The molecule has 1 N–H and O–H groups in total. The first-order valence-corrected chi connectivity index (χ1v) is 10.5. The van der Waals surface area contributed by atoms with Crippen LogP contribution in [0.15, 0.2) is 53.7 Å². The fraction of sp³-hybridized carbons (Fsp3) is 0.238. The standard InChI is InChI=1S/C21H20ClN5OS/c1-21(2,3)19-24-16-7-5-4-6-15(16)18-25-26-20(27(18)19)29-12-17(28)23-14-10-8-13(22)9-11-14/h4-11H,12H2,1-3H3,(H,23,28). The number of nitrogens with one attached hydrogen (secondary N) is 1. The minimum absolute atomic E-state index is 0.125. The molecule has 0 aliphatic heterocycles. The second-order valence-corrected chi connectivity index (χ2v) is 9.07. The Morgan fingerprint density at radius 1 is 1.10 bits per heavy atom. The highest BCUT2D eigenvalue weighted by atomic mass is 35.5. The summed E-state index contributed by atoms with van der Waals surface area (Å²) >= 11 is 7.22. The number of halogens is 1. The van der Waals surface area contributed by atoms with Gasteiger partial charge >= 0.3 is 0 Å². The summed E-state index contributed by atoms with van der Waals surface area (Å²) in [6.07, 6.45) is 0. The molecule has 0 radical (unpaired) electrons. The number of anilines is 1. The molecule has 0 atom stereocenters. The van der Waals surface area contributed by atoms with Crippen LogP contribution < -0.4 is 5.32 Å². The van der Waals surface area contributed by atoms with Gasteiger partial charge in [0.2, 0.25) is 5.91 Å². The predicted molar refractivity (Wildman–Crippen MR) is 118 cm³/mol. The molecule has 0 fully saturated rings. The Morgan fingerprint density at radius 2 is 1.83 bits per heavy atom. The number of thioether (sulfide) groups is 1. The summed E-state index contributed by atoms with van der Waals surface area (Å²) < 4.78 is 1.96. The summed E-state index contributed by atoms with van der Waals surface area (Å²) in [5.41, 5.74) is 2.12. The van der Waals surface area contributed by atoms with E-state index in [1.165, 1.54) is 11.8 Å². The molecule has 0 saturated heterocycles. The number of nitrogens with zero attached hydrogens (tertiary/aromatic N) is 4. The molecule has 6 nitrogen and oxygen atoms in total. The smallest absolute Gasteiger partial charge is 0.234 e. The van der Waals surface area contributed by atoms with Crippen molar-refractivity contribution < 1.29 is 4.79 Å². The molecule has 148 valence electrons. The second kappa shape index (κ2) is 7.65. The molecule has 0 unspecified atom stereocenters. The van der Waals surface area contributed by atoms with Gasteiger partial charge in [0.25, 0.3) is 0 Å². The molecule has 2 heterocycles. The van der Waals surface area contributed by atoms with Crippen molar-refractivity contribution in [2.24, 2.45) is 0 Å². The van der Waals surface area contributed by atoms with E-state index in [0.717, 1.165) is 22.4 Å². The number of carbonyl (C=O) groups excluding carboxylic acids is 1. The maximum Gasteiger partial charge on any atom is 0.234 e. The second-order valence-electron chi connectivity index (χ2n) is 7.69. The van der Waals surface area contributed by atoms with E-state index in [1.807, 2.05) is 28.7 Å². The van der Waals surface area contributed by atoms with E-state index in [-0.39, 0.29) is 17.1 Å². The van der Waals surface area contributed by atoms with E-state index in [9.17, 15) is 4.79 Å². The molecule has 4 aromatic rings. The fourth-order valence-corrected chi connectivity index (χ4v) is 3.88. The highest BCUT2D eigenvalue weighted by Crippen LogP contribution is 2.29. The van der Waals surface area contributed by atoms with Crippen LogP contribution in [0.2, 0.25) is 5.02 Å². The molecule has 0 spiro atoms. The topological polar surface area (TPSA) is 72.2 Å². The zero-order valence-electron chi connectivity index (χ0n) is 16.3. The Kier molecular flexibility index (Phi) is 5.19. The molecule has 8 heteroatoms. The summed E-state index contributed by atoms with van der Waals surface area (Å²) in [4.78, 5) is 17.3. The van der Waals surface area contributed by atoms with Gasteiger partial charge in [-0.05, 0) is 36.4 Å². The number of benzene rings is 2. The van der Waals surface area contributed by atoms with Crippen LogP contribution in [0.1, 0.15) is 26.6 Å². The monoisotopic (exact) mass is 425 g/mol. The van der Waals surface area contributed by atoms with Gasteiger partial charge in [0.05, 0.1) is 11.3 Å². The van der Waals surface area contributed by atoms with Crippen LogP contribution in [0, 0.1) is 0 Å². The first kappa shape index (κ1) is 19.7. The third-order valence-electron chi connectivity index (χ3n) is 4.35. The van der Waals surface area contributed by atoms with Crippen LogP contribution in [0.5, 0.6) is 0 Å². The van der Waals surface area contributed by atoms with E-state index >= 15 is 0 Å². The van der Waals surface area contributed by atoms with E-state index in [1.54, 1.807) is 24.3 Å². The maximum atomic E-state index is 12.4. The Labute approximate surface area is 177 Å². The summed E-state index contributed by atoms with van der Waals surface area (Å²) in [5.74, 6) is 0.941. The molecule has 0 bridgehead atoms. The average Bonchev–Trinajstić information content (AvgIpc) is 3.11. The molecular formula is C21H20ClN5OS. The lowest BCUT2D eigenvalue weighted by Gasteiger charge is -2.20. The summed E-state index contributed by atoms with van der Waals surface area (Å²) in [6.45, 7) is 6.31. The van der Waals surface area contributed by atoms with Gasteiger partial charge in [0.1, 0.15) is 5.82 Å². The lowest BCUT2D eigenvalue weighted by molar-refractivity contribution is -0.113. The van der Waals surface area contributed by atoms with Gasteiger partial charge in [0.15, 0.2) is 10.8 Å². The van der Waals surface area contributed by atoms with Crippen molar-refractivity contribution in [2.45, 2.75) is 31.3 Å². The van der Waals surface area contributed by atoms with Gasteiger partial charge in [-0.25, -0.2) is 4.98 Å². The Balaban J connectivity index is 1.64. The average molecular weight is 426 g/mol. The third kappa shape index (κ3) is 4.06. The molecule has 0 aliphatic carbocycles. The van der Waals surface area contributed by atoms with Crippen LogP contribution in [-0.2, 0) is 10.2 Å². The maximum absolute atomic E-state index is 12.4. The molecule has 2 aromatic carbocycles. The van der Waals surface area contributed by atoms with Crippen LogP contribution in [-0.4, -0.2) is 31.2 Å². The van der Waals surface area contributed by atoms with Crippen LogP contribution >= 0.6 is 23.4 Å². The first-order valence-electron chi connectivity index (χ1n) is 9.15. The zero-order valence-corrected chi connectivity index (χ0v) is 17.9. The molecule has 0 aliphatic rings. The number of hydrogen-bond acceptors (Lipinski definition) is 5. The summed E-state index contributed by atoms with van der Waals surface area (Å²) in [6, 6.07) is 14.9. The minimum atomic E-state index is -0.217. The van der Waals surface area contributed by atoms with Crippen LogP contribution in [0.25, 0.3) is 16.6 Å². The van der Waals surface area contributed by atoms with E-state index < -0.39 is 0 Å².